The molecule has 0 aliphatic heterocycles. The SMILES string of the molecule is Cc1cccc(C(N)C2CC(C)CC(C)C2)c1I. The Balaban J connectivity index is 2.20. The second-order valence-corrected chi connectivity index (χ2v) is 7.26. The Labute approximate surface area is 125 Å². The van der Waals surface area contributed by atoms with Crippen LogP contribution in [0.15, 0.2) is 18.2 Å². The number of hydrogen-bond donors (Lipinski definition) is 1. The molecule has 0 heterocycles. The minimum Gasteiger partial charge on any atom is -0.324 e. The van der Waals surface area contributed by atoms with Crippen molar-refractivity contribution in [2.45, 2.75) is 46.1 Å². The molecule has 0 saturated heterocycles. The van der Waals surface area contributed by atoms with Crippen molar-refractivity contribution in [2.24, 2.45) is 23.5 Å². The first kappa shape index (κ1) is 14.3. The third-order valence-electron chi connectivity index (χ3n) is 4.30. The number of hydrogen-bond acceptors (Lipinski definition) is 1. The fourth-order valence-corrected chi connectivity index (χ4v) is 4.20. The second kappa shape index (κ2) is 5.91. The Morgan fingerprint density at radius 1 is 1.17 bits per heavy atom. The van der Waals surface area contributed by atoms with E-state index in [9.17, 15) is 0 Å². The van der Waals surface area contributed by atoms with Crippen LogP contribution in [0.25, 0.3) is 0 Å². The lowest BCUT2D eigenvalue weighted by Gasteiger charge is -2.35. The zero-order valence-corrected chi connectivity index (χ0v) is 13.8. The Bertz CT molecular complexity index is 406. The third kappa shape index (κ3) is 3.08. The van der Waals surface area contributed by atoms with E-state index in [0.29, 0.717) is 5.92 Å². The highest BCUT2D eigenvalue weighted by Crippen LogP contribution is 2.39. The molecule has 1 aliphatic rings. The highest BCUT2D eigenvalue weighted by atomic mass is 127. The summed E-state index contributed by atoms with van der Waals surface area (Å²) in [6.45, 7) is 6.91. The molecular weight excluding hydrogens is 333 g/mol. The Morgan fingerprint density at radius 2 is 1.78 bits per heavy atom. The van der Waals surface area contributed by atoms with Gasteiger partial charge in [0.05, 0.1) is 0 Å². The van der Waals surface area contributed by atoms with Gasteiger partial charge in [0, 0.05) is 9.61 Å². The number of nitrogens with two attached hydrogens (primary N) is 1. The predicted molar refractivity (Wildman–Crippen MR) is 86.5 cm³/mol. The van der Waals surface area contributed by atoms with Gasteiger partial charge < -0.3 is 5.73 Å². The smallest absolute Gasteiger partial charge is 0.0334 e. The summed E-state index contributed by atoms with van der Waals surface area (Å²) in [7, 11) is 0. The van der Waals surface area contributed by atoms with Gasteiger partial charge in [-0.05, 0) is 77.7 Å². The predicted octanol–water partition coefficient (Wildman–Crippen LogP) is 4.67. The number of benzene rings is 1. The van der Waals surface area contributed by atoms with Crippen LogP contribution in [0.4, 0.5) is 0 Å². The van der Waals surface area contributed by atoms with E-state index < -0.39 is 0 Å². The minimum absolute atomic E-state index is 0.210. The van der Waals surface area contributed by atoms with Crippen molar-refractivity contribution in [3.8, 4) is 0 Å². The largest absolute Gasteiger partial charge is 0.324 e. The van der Waals surface area contributed by atoms with E-state index in [-0.39, 0.29) is 6.04 Å². The van der Waals surface area contributed by atoms with Crippen LogP contribution in [0.5, 0.6) is 0 Å². The molecule has 1 nitrogen and oxygen atoms in total. The molecular formula is C16H24IN. The Kier molecular flexibility index (Phi) is 4.70. The molecule has 0 bridgehead atoms. The fourth-order valence-electron chi connectivity index (χ4n) is 3.48. The van der Waals surface area contributed by atoms with Gasteiger partial charge in [-0.2, -0.15) is 0 Å². The van der Waals surface area contributed by atoms with Crippen LogP contribution < -0.4 is 5.73 Å². The molecule has 100 valence electrons. The molecule has 2 N–H and O–H groups in total. The molecule has 1 aliphatic carbocycles. The van der Waals surface area contributed by atoms with Crippen molar-refractivity contribution in [3.63, 3.8) is 0 Å². The first-order valence-electron chi connectivity index (χ1n) is 6.99. The van der Waals surface area contributed by atoms with Gasteiger partial charge in [0.1, 0.15) is 0 Å². The second-order valence-electron chi connectivity index (χ2n) is 6.18. The van der Waals surface area contributed by atoms with E-state index in [2.05, 4.69) is 61.6 Å². The van der Waals surface area contributed by atoms with Crippen LogP contribution in [0.3, 0.4) is 0 Å². The molecule has 2 heteroatoms. The topological polar surface area (TPSA) is 26.0 Å². The highest BCUT2D eigenvalue weighted by Gasteiger charge is 2.29. The first-order chi connectivity index (χ1) is 8.49. The highest BCUT2D eigenvalue weighted by molar-refractivity contribution is 14.1. The zero-order valence-electron chi connectivity index (χ0n) is 11.6. The van der Waals surface area contributed by atoms with Crippen molar-refractivity contribution in [3.05, 3.63) is 32.9 Å². The maximum absolute atomic E-state index is 6.56. The molecule has 1 aromatic rings. The Hall–Kier alpha value is -0.0900. The monoisotopic (exact) mass is 357 g/mol. The lowest BCUT2D eigenvalue weighted by atomic mass is 9.72. The summed E-state index contributed by atoms with van der Waals surface area (Å²) in [4.78, 5) is 0. The van der Waals surface area contributed by atoms with Crippen molar-refractivity contribution in [1.82, 2.24) is 0 Å². The lowest BCUT2D eigenvalue weighted by molar-refractivity contribution is 0.193. The standard InChI is InChI=1S/C16H24IN/c1-10-7-11(2)9-13(8-10)16(18)14-6-4-5-12(3)15(14)17/h4-6,10-11,13,16H,7-9,18H2,1-3H3. The maximum atomic E-state index is 6.56. The molecule has 1 aromatic carbocycles. The normalized spacial score (nSPS) is 30.2. The molecule has 2 rings (SSSR count). The molecule has 1 saturated carbocycles. The van der Waals surface area contributed by atoms with E-state index in [1.807, 2.05) is 0 Å². The molecule has 0 amide bonds. The third-order valence-corrected chi connectivity index (χ3v) is 5.78. The van der Waals surface area contributed by atoms with Gasteiger partial charge in [0.25, 0.3) is 0 Å². The summed E-state index contributed by atoms with van der Waals surface area (Å²) in [5, 5.41) is 0. The summed E-state index contributed by atoms with van der Waals surface area (Å²) >= 11 is 2.45. The van der Waals surface area contributed by atoms with Crippen LogP contribution in [0, 0.1) is 28.2 Å². The average molecular weight is 357 g/mol. The molecule has 0 aromatic heterocycles. The molecule has 0 spiro atoms. The van der Waals surface area contributed by atoms with E-state index in [0.717, 1.165) is 11.8 Å². The number of halogens is 1. The zero-order chi connectivity index (χ0) is 13.3. The van der Waals surface area contributed by atoms with Crippen LogP contribution in [0.1, 0.15) is 50.3 Å². The molecule has 3 atom stereocenters. The summed E-state index contributed by atoms with van der Waals surface area (Å²) in [6, 6.07) is 6.73. The van der Waals surface area contributed by atoms with Gasteiger partial charge in [0.2, 0.25) is 0 Å². The van der Waals surface area contributed by atoms with E-state index in [4.69, 9.17) is 5.73 Å². The average Bonchev–Trinajstić information content (AvgIpc) is 2.30. The van der Waals surface area contributed by atoms with Crippen molar-refractivity contribution >= 4 is 22.6 Å². The quantitative estimate of drug-likeness (QED) is 0.765. The van der Waals surface area contributed by atoms with Gasteiger partial charge in [0.15, 0.2) is 0 Å². The number of rotatable bonds is 2. The summed E-state index contributed by atoms with van der Waals surface area (Å²) < 4.78 is 1.36. The summed E-state index contributed by atoms with van der Waals surface area (Å²) in [6.07, 6.45) is 3.94. The van der Waals surface area contributed by atoms with Crippen molar-refractivity contribution in [2.75, 3.05) is 0 Å². The van der Waals surface area contributed by atoms with E-state index in [1.165, 1.54) is 34.0 Å². The van der Waals surface area contributed by atoms with Gasteiger partial charge >= 0.3 is 0 Å². The van der Waals surface area contributed by atoms with Crippen LogP contribution in [0.2, 0.25) is 0 Å². The lowest BCUT2D eigenvalue weighted by Crippen LogP contribution is -2.29. The molecule has 0 radical (unpaired) electrons. The van der Waals surface area contributed by atoms with Crippen molar-refractivity contribution < 1.29 is 0 Å². The summed E-state index contributed by atoms with van der Waals surface area (Å²) in [5.41, 5.74) is 9.26. The first-order valence-corrected chi connectivity index (χ1v) is 8.07. The van der Waals surface area contributed by atoms with Crippen LogP contribution in [-0.2, 0) is 0 Å². The molecule has 18 heavy (non-hydrogen) atoms. The van der Waals surface area contributed by atoms with Crippen LogP contribution in [-0.4, -0.2) is 0 Å². The van der Waals surface area contributed by atoms with Crippen molar-refractivity contribution in [1.29, 1.82) is 0 Å². The minimum atomic E-state index is 0.210. The molecule has 3 unspecified atom stereocenters. The van der Waals surface area contributed by atoms with Gasteiger partial charge in [-0.25, -0.2) is 0 Å². The van der Waals surface area contributed by atoms with Gasteiger partial charge in [-0.3, -0.25) is 0 Å². The van der Waals surface area contributed by atoms with Crippen LogP contribution >= 0.6 is 22.6 Å². The molecule has 1 fully saturated rings. The summed E-state index contributed by atoms with van der Waals surface area (Å²) in [5.74, 6) is 2.30. The van der Waals surface area contributed by atoms with Gasteiger partial charge in [-0.1, -0.05) is 32.0 Å². The van der Waals surface area contributed by atoms with Gasteiger partial charge in [-0.15, -0.1) is 0 Å². The Morgan fingerprint density at radius 3 is 2.39 bits per heavy atom. The maximum Gasteiger partial charge on any atom is 0.0334 e. The number of aryl methyl sites for hydroxylation is 1. The van der Waals surface area contributed by atoms with E-state index in [1.54, 1.807) is 0 Å². The fraction of sp³-hybridized carbons (Fsp3) is 0.625. The van der Waals surface area contributed by atoms with E-state index >= 15 is 0 Å².